The smallest absolute Gasteiger partial charge is 0.363 e. The van der Waals surface area contributed by atoms with Gasteiger partial charge in [0.2, 0.25) is 5.90 Å². The van der Waals surface area contributed by atoms with Crippen molar-refractivity contribution in [1.82, 2.24) is 0 Å². The van der Waals surface area contributed by atoms with Gasteiger partial charge < -0.3 is 14.2 Å². The lowest BCUT2D eigenvalue weighted by atomic mass is 10.1. The van der Waals surface area contributed by atoms with Gasteiger partial charge in [0.15, 0.2) is 17.2 Å². The van der Waals surface area contributed by atoms with Gasteiger partial charge in [-0.2, -0.15) is 0 Å². The van der Waals surface area contributed by atoms with E-state index >= 15 is 0 Å². The standard InChI is InChI=1S/C20H15BrFNO5/c1-3-26-17-10-12(8-15(21)18(17)27-11(2)24)9-16-20(25)28-19(23-16)13-4-6-14(22)7-5-13/h4-10H,3H2,1-2H3. The normalized spacial score (nSPS) is 14.6. The van der Waals surface area contributed by atoms with Crippen LogP contribution in [0.1, 0.15) is 25.0 Å². The van der Waals surface area contributed by atoms with Gasteiger partial charge in [-0.25, -0.2) is 14.2 Å². The first-order chi connectivity index (χ1) is 13.4. The van der Waals surface area contributed by atoms with Crippen LogP contribution >= 0.6 is 15.9 Å². The topological polar surface area (TPSA) is 74.2 Å². The summed E-state index contributed by atoms with van der Waals surface area (Å²) in [4.78, 5) is 27.6. The third kappa shape index (κ3) is 4.45. The Morgan fingerprint density at radius 2 is 2.00 bits per heavy atom. The first-order valence-corrected chi connectivity index (χ1v) is 9.10. The SMILES string of the molecule is CCOc1cc(C=C2N=C(c3ccc(F)cc3)OC2=O)cc(Br)c1OC(C)=O. The lowest BCUT2D eigenvalue weighted by Crippen LogP contribution is -2.06. The zero-order valence-corrected chi connectivity index (χ0v) is 16.6. The van der Waals surface area contributed by atoms with Gasteiger partial charge in [-0.05, 0) is 70.9 Å². The minimum Gasteiger partial charge on any atom is -0.490 e. The second kappa shape index (κ2) is 8.35. The molecule has 0 saturated carbocycles. The van der Waals surface area contributed by atoms with E-state index < -0.39 is 17.8 Å². The molecule has 2 aromatic carbocycles. The summed E-state index contributed by atoms with van der Waals surface area (Å²) in [7, 11) is 0. The monoisotopic (exact) mass is 447 g/mol. The van der Waals surface area contributed by atoms with E-state index in [2.05, 4.69) is 20.9 Å². The molecule has 144 valence electrons. The summed E-state index contributed by atoms with van der Waals surface area (Å²) in [5.74, 6) is -0.824. The molecule has 0 fully saturated rings. The zero-order chi connectivity index (χ0) is 20.3. The van der Waals surface area contributed by atoms with E-state index in [1.54, 1.807) is 19.1 Å². The largest absolute Gasteiger partial charge is 0.490 e. The van der Waals surface area contributed by atoms with Crippen LogP contribution in [0.2, 0.25) is 0 Å². The van der Waals surface area contributed by atoms with Crippen molar-refractivity contribution in [1.29, 1.82) is 0 Å². The first-order valence-electron chi connectivity index (χ1n) is 8.30. The first kappa shape index (κ1) is 19.8. The van der Waals surface area contributed by atoms with Gasteiger partial charge in [-0.1, -0.05) is 0 Å². The molecule has 0 unspecified atom stereocenters. The van der Waals surface area contributed by atoms with Gasteiger partial charge >= 0.3 is 11.9 Å². The van der Waals surface area contributed by atoms with Crippen LogP contribution in [0.3, 0.4) is 0 Å². The molecule has 0 aliphatic carbocycles. The second-order valence-electron chi connectivity index (χ2n) is 5.70. The van der Waals surface area contributed by atoms with Crippen molar-refractivity contribution < 1.29 is 28.2 Å². The molecule has 0 amide bonds. The highest BCUT2D eigenvalue weighted by atomic mass is 79.9. The number of nitrogens with zero attached hydrogens (tertiary/aromatic N) is 1. The average molecular weight is 448 g/mol. The summed E-state index contributed by atoms with van der Waals surface area (Å²) in [5.41, 5.74) is 1.15. The maximum absolute atomic E-state index is 13.1. The van der Waals surface area contributed by atoms with Crippen LogP contribution in [-0.2, 0) is 14.3 Å². The fraction of sp³-hybridized carbons (Fsp3) is 0.150. The van der Waals surface area contributed by atoms with Crippen LogP contribution in [0.4, 0.5) is 4.39 Å². The molecular weight excluding hydrogens is 433 g/mol. The van der Waals surface area contributed by atoms with Gasteiger partial charge in [-0.15, -0.1) is 0 Å². The number of esters is 2. The number of benzene rings is 2. The van der Waals surface area contributed by atoms with Crippen molar-refractivity contribution >= 4 is 39.8 Å². The number of carbonyl (C=O) groups is 2. The van der Waals surface area contributed by atoms with E-state index in [9.17, 15) is 14.0 Å². The summed E-state index contributed by atoms with van der Waals surface area (Å²) >= 11 is 3.34. The number of hydrogen-bond acceptors (Lipinski definition) is 6. The molecule has 0 atom stereocenters. The van der Waals surface area contributed by atoms with Crippen LogP contribution < -0.4 is 9.47 Å². The third-order valence-corrected chi connectivity index (χ3v) is 4.18. The maximum Gasteiger partial charge on any atom is 0.363 e. The Morgan fingerprint density at radius 3 is 2.64 bits per heavy atom. The molecule has 2 aromatic rings. The number of aliphatic imine (C=N–C) groups is 1. The Bertz CT molecular complexity index is 998. The minimum absolute atomic E-state index is 0.0777. The molecule has 0 N–H and O–H groups in total. The highest BCUT2D eigenvalue weighted by Gasteiger charge is 2.24. The maximum atomic E-state index is 13.1. The lowest BCUT2D eigenvalue weighted by molar-refractivity contribution is -0.132. The highest BCUT2D eigenvalue weighted by Crippen LogP contribution is 2.38. The van der Waals surface area contributed by atoms with Crippen LogP contribution in [0.25, 0.3) is 6.08 Å². The predicted octanol–water partition coefficient (Wildman–Crippen LogP) is 4.26. The van der Waals surface area contributed by atoms with Gasteiger partial charge in [0.25, 0.3) is 0 Å². The Morgan fingerprint density at radius 1 is 1.29 bits per heavy atom. The Hall–Kier alpha value is -3.00. The Labute approximate surface area is 168 Å². The molecule has 8 heteroatoms. The molecular formula is C20H15BrFNO5. The van der Waals surface area contributed by atoms with Gasteiger partial charge in [-0.3, -0.25) is 4.79 Å². The second-order valence-corrected chi connectivity index (χ2v) is 6.55. The summed E-state index contributed by atoms with van der Waals surface area (Å²) in [6.45, 7) is 3.44. The zero-order valence-electron chi connectivity index (χ0n) is 15.0. The van der Waals surface area contributed by atoms with Crippen molar-refractivity contribution in [3.05, 3.63) is 63.5 Å². The lowest BCUT2D eigenvalue weighted by Gasteiger charge is -2.12. The molecule has 6 nitrogen and oxygen atoms in total. The van der Waals surface area contributed by atoms with Crippen LogP contribution in [-0.4, -0.2) is 24.4 Å². The number of hydrogen-bond donors (Lipinski definition) is 0. The minimum atomic E-state index is -0.627. The fourth-order valence-electron chi connectivity index (χ4n) is 2.46. The summed E-state index contributed by atoms with van der Waals surface area (Å²) in [5, 5.41) is 0. The van der Waals surface area contributed by atoms with E-state index in [-0.39, 0.29) is 17.3 Å². The number of cyclic esters (lactones) is 1. The highest BCUT2D eigenvalue weighted by molar-refractivity contribution is 9.10. The summed E-state index contributed by atoms with van der Waals surface area (Å²) < 4.78 is 29.4. The van der Waals surface area contributed by atoms with E-state index in [0.29, 0.717) is 28.0 Å². The quantitative estimate of drug-likeness (QED) is 0.389. The predicted molar refractivity (Wildman–Crippen MR) is 104 cm³/mol. The van der Waals surface area contributed by atoms with Crippen molar-refractivity contribution in [2.45, 2.75) is 13.8 Å². The van der Waals surface area contributed by atoms with Crippen molar-refractivity contribution in [3.63, 3.8) is 0 Å². The van der Waals surface area contributed by atoms with Crippen LogP contribution in [0, 0.1) is 5.82 Å². The van der Waals surface area contributed by atoms with Gasteiger partial charge in [0.1, 0.15) is 5.82 Å². The molecule has 1 aliphatic rings. The fourth-order valence-corrected chi connectivity index (χ4v) is 3.00. The van der Waals surface area contributed by atoms with Crippen molar-refractivity contribution in [2.24, 2.45) is 4.99 Å². The molecule has 0 aromatic heterocycles. The summed E-state index contributed by atoms with van der Waals surface area (Å²) in [6, 6.07) is 8.74. The van der Waals surface area contributed by atoms with Crippen molar-refractivity contribution in [2.75, 3.05) is 6.61 Å². The van der Waals surface area contributed by atoms with Crippen molar-refractivity contribution in [3.8, 4) is 11.5 Å². The summed E-state index contributed by atoms with van der Waals surface area (Å²) in [6.07, 6.45) is 1.52. The van der Waals surface area contributed by atoms with E-state index in [0.717, 1.165) is 0 Å². The van der Waals surface area contributed by atoms with E-state index in [1.807, 2.05) is 0 Å². The molecule has 0 spiro atoms. The molecule has 0 saturated heterocycles. The van der Waals surface area contributed by atoms with Crippen LogP contribution in [0.15, 0.2) is 51.6 Å². The molecule has 1 heterocycles. The molecule has 1 aliphatic heterocycles. The molecule has 28 heavy (non-hydrogen) atoms. The molecule has 0 radical (unpaired) electrons. The number of halogens is 2. The molecule has 0 bridgehead atoms. The number of ether oxygens (including phenoxy) is 3. The number of rotatable bonds is 5. The Kier molecular flexibility index (Phi) is 5.89. The van der Waals surface area contributed by atoms with Crippen LogP contribution in [0.5, 0.6) is 11.5 Å². The Balaban J connectivity index is 1.96. The van der Waals surface area contributed by atoms with E-state index in [1.165, 1.54) is 37.3 Å². The van der Waals surface area contributed by atoms with Gasteiger partial charge in [0.05, 0.1) is 11.1 Å². The van der Waals surface area contributed by atoms with Gasteiger partial charge in [0, 0.05) is 12.5 Å². The van der Waals surface area contributed by atoms with E-state index in [4.69, 9.17) is 14.2 Å². The molecule has 3 rings (SSSR count). The number of carbonyl (C=O) groups excluding carboxylic acids is 2. The third-order valence-electron chi connectivity index (χ3n) is 3.59. The average Bonchev–Trinajstić information content (AvgIpc) is 2.99.